The normalized spacial score (nSPS) is 16.8. The summed E-state index contributed by atoms with van der Waals surface area (Å²) in [6, 6.07) is 8.70. The molecule has 4 rings (SSSR count). The number of fused-ring (bicyclic) bond motifs is 1. The number of nitrogens with one attached hydrogen (secondary N) is 1. The third kappa shape index (κ3) is 4.09. The summed E-state index contributed by atoms with van der Waals surface area (Å²) in [7, 11) is 1.59. The average Bonchev–Trinajstić information content (AvgIpc) is 3.15. The maximum atomic E-state index is 12.8. The molecule has 1 aliphatic heterocycles. The Balaban J connectivity index is 1.60. The van der Waals surface area contributed by atoms with Crippen LogP contribution in [0.1, 0.15) is 35.8 Å². The van der Waals surface area contributed by atoms with Crippen molar-refractivity contribution in [3.8, 4) is 5.75 Å². The Morgan fingerprint density at radius 3 is 3.00 bits per heavy atom. The van der Waals surface area contributed by atoms with Crippen molar-refractivity contribution >= 4 is 27.3 Å². The minimum atomic E-state index is -0.449. The van der Waals surface area contributed by atoms with E-state index in [4.69, 9.17) is 4.74 Å². The molecule has 1 saturated heterocycles. The average molecular weight is 414 g/mol. The fraction of sp³-hybridized carbons (Fsp3) is 0.400. The maximum absolute atomic E-state index is 12.8. The van der Waals surface area contributed by atoms with Gasteiger partial charge in [-0.2, -0.15) is 9.50 Å². The number of hydrogen-bond donors (Lipinski definition) is 1. The number of benzene rings is 1. The van der Waals surface area contributed by atoms with Crippen LogP contribution in [-0.4, -0.2) is 40.7 Å². The molecule has 0 aliphatic carbocycles. The number of carbonyl (C=O) groups excluding carboxylic acids is 1. The number of anilines is 1. The first kappa shape index (κ1) is 19.4. The molecular formula is C20H23N5O3S. The predicted octanol–water partition coefficient (Wildman–Crippen LogP) is 2.33. The molecule has 0 spiro atoms. The number of aromatic nitrogens is 3. The van der Waals surface area contributed by atoms with E-state index in [-0.39, 0.29) is 18.1 Å². The first-order valence-corrected chi connectivity index (χ1v) is 10.4. The van der Waals surface area contributed by atoms with Gasteiger partial charge in [0.15, 0.2) is 0 Å². The fourth-order valence-corrected chi connectivity index (χ4v) is 4.52. The van der Waals surface area contributed by atoms with E-state index in [1.165, 1.54) is 28.3 Å². The summed E-state index contributed by atoms with van der Waals surface area (Å²) in [5.74, 6) is 0.904. The van der Waals surface area contributed by atoms with Gasteiger partial charge in [-0.05, 0) is 24.8 Å². The van der Waals surface area contributed by atoms with Gasteiger partial charge in [-0.25, -0.2) is 0 Å². The topological polar surface area (TPSA) is 88.8 Å². The van der Waals surface area contributed by atoms with Crippen molar-refractivity contribution in [2.45, 2.75) is 26.3 Å². The zero-order chi connectivity index (χ0) is 20.4. The molecular weight excluding hydrogens is 390 g/mol. The molecule has 0 saturated carbocycles. The van der Waals surface area contributed by atoms with Crippen molar-refractivity contribution in [1.29, 1.82) is 0 Å². The lowest BCUT2D eigenvalue weighted by Gasteiger charge is -2.30. The van der Waals surface area contributed by atoms with E-state index < -0.39 is 5.56 Å². The molecule has 1 amide bonds. The second kappa shape index (κ2) is 8.20. The third-order valence-corrected chi connectivity index (χ3v) is 6.00. The summed E-state index contributed by atoms with van der Waals surface area (Å²) in [5, 5.41) is 8.23. The first-order chi connectivity index (χ1) is 14.0. The summed E-state index contributed by atoms with van der Waals surface area (Å²) in [6.07, 6.45) is 2.31. The summed E-state index contributed by atoms with van der Waals surface area (Å²) in [6.45, 7) is 4.34. The number of ether oxygens (including phenoxy) is 1. The highest BCUT2D eigenvalue weighted by Crippen LogP contribution is 2.27. The van der Waals surface area contributed by atoms with Crippen LogP contribution < -0.4 is 20.5 Å². The molecule has 152 valence electrons. The quantitative estimate of drug-likeness (QED) is 0.691. The van der Waals surface area contributed by atoms with E-state index in [0.29, 0.717) is 16.6 Å². The fourth-order valence-electron chi connectivity index (χ4n) is 3.57. The van der Waals surface area contributed by atoms with Gasteiger partial charge in [0.2, 0.25) is 10.1 Å². The molecule has 8 nitrogen and oxygen atoms in total. The lowest BCUT2D eigenvalue weighted by Crippen LogP contribution is -2.34. The molecule has 1 fully saturated rings. The van der Waals surface area contributed by atoms with Crippen molar-refractivity contribution in [3.63, 3.8) is 0 Å². The zero-order valence-electron chi connectivity index (χ0n) is 16.4. The second-order valence-corrected chi connectivity index (χ2v) is 8.18. The predicted molar refractivity (Wildman–Crippen MR) is 112 cm³/mol. The van der Waals surface area contributed by atoms with Crippen molar-refractivity contribution in [3.05, 3.63) is 51.9 Å². The van der Waals surface area contributed by atoms with Crippen molar-refractivity contribution in [2.24, 2.45) is 5.92 Å². The third-order valence-electron chi connectivity index (χ3n) is 5.04. The molecule has 1 atom stereocenters. The van der Waals surface area contributed by atoms with E-state index >= 15 is 0 Å². The molecule has 0 radical (unpaired) electrons. The van der Waals surface area contributed by atoms with Crippen LogP contribution in [0.5, 0.6) is 5.75 Å². The number of para-hydroxylation sites is 1. The Hall–Kier alpha value is -2.94. The van der Waals surface area contributed by atoms with Gasteiger partial charge in [0.05, 0.1) is 7.11 Å². The van der Waals surface area contributed by atoms with E-state index in [1.54, 1.807) is 7.11 Å². The van der Waals surface area contributed by atoms with Gasteiger partial charge < -0.3 is 15.0 Å². The Labute approximate surface area is 172 Å². The zero-order valence-corrected chi connectivity index (χ0v) is 17.2. The lowest BCUT2D eigenvalue weighted by atomic mass is 10.0. The van der Waals surface area contributed by atoms with E-state index in [9.17, 15) is 9.59 Å². The van der Waals surface area contributed by atoms with Gasteiger partial charge in [0, 0.05) is 31.3 Å². The Morgan fingerprint density at radius 1 is 1.38 bits per heavy atom. The highest BCUT2D eigenvalue weighted by molar-refractivity contribution is 7.20. The number of methoxy groups -OCH3 is 1. The van der Waals surface area contributed by atoms with Crippen LogP contribution in [0.4, 0.5) is 5.13 Å². The van der Waals surface area contributed by atoms with Gasteiger partial charge in [0.1, 0.15) is 11.4 Å². The van der Waals surface area contributed by atoms with Crippen molar-refractivity contribution in [2.75, 3.05) is 25.1 Å². The van der Waals surface area contributed by atoms with Gasteiger partial charge in [-0.3, -0.25) is 9.59 Å². The minimum Gasteiger partial charge on any atom is -0.496 e. The van der Waals surface area contributed by atoms with Crippen LogP contribution in [0.15, 0.2) is 35.1 Å². The molecule has 9 heteroatoms. The largest absolute Gasteiger partial charge is 0.496 e. The van der Waals surface area contributed by atoms with Gasteiger partial charge in [0.25, 0.3) is 11.5 Å². The van der Waals surface area contributed by atoms with Gasteiger partial charge in [-0.15, -0.1) is 5.10 Å². The number of carbonyl (C=O) groups is 1. The molecule has 1 aliphatic rings. The molecule has 0 bridgehead atoms. The van der Waals surface area contributed by atoms with E-state index in [0.717, 1.165) is 30.2 Å². The summed E-state index contributed by atoms with van der Waals surface area (Å²) >= 11 is 1.34. The van der Waals surface area contributed by atoms with Gasteiger partial charge >= 0.3 is 0 Å². The number of piperidine rings is 1. The Bertz CT molecular complexity index is 1090. The molecule has 3 heterocycles. The summed E-state index contributed by atoms with van der Waals surface area (Å²) < 4.78 is 6.79. The van der Waals surface area contributed by atoms with Crippen LogP contribution in [0.3, 0.4) is 0 Å². The molecule has 2 aromatic heterocycles. The summed E-state index contributed by atoms with van der Waals surface area (Å²) in [5.41, 5.74) is 0.583. The highest BCUT2D eigenvalue weighted by atomic mass is 32.1. The molecule has 1 N–H and O–H groups in total. The Morgan fingerprint density at radius 2 is 2.21 bits per heavy atom. The number of hydrogen-bond acceptors (Lipinski definition) is 7. The SMILES string of the molecule is COc1ccccc1CNC(=O)c1cc(=O)nc2sc(N3CCC[C@@H](C)C3)nn12. The summed E-state index contributed by atoms with van der Waals surface area (Å²) in [4.78, 5) is 31.6. The maximum Gasteiger partial charge on any atom is 0.274 e. The molecule has 0 unspecified atom stereocenters. The monoisotopic (exact) mass is 413 g/mol. The Kier molecular flexibility index (Phi) is 5.48. The smallest absolute Gasteiger partial charge is 0.274 e. The van der Waals surface area contributed by atoms with Crippen LogP contribution in [-0.2, 0) is 6.54 Å². The van der Waals surface area contributed by atoms with Crippen molar-refractivity contribution < 1.29 is 9.53 Å². The lowest BCUT2D eigenvalue weighted by molar-refractivity contribution is 0.0943. The number of nitrogens with zero attached hydrogens (tertiary/aromatic N) is 4. The van der Waals surface area contributed by atoms with Crippen LogP contribution >= 0.6 is 11.3 Å². The van der Waals surface area contributed by atoms with E-state index in [1.807, 2.05) is 24.3 Å². The number of rotatable bonds is 5. The highest BCUT2D eigenvalue weighted by Gasteiger charge is 2.22. The molecule has 29 heavy (non-hydrogen) atoms. The standard InChI is InChI=1S/C20H23N5O3S/c1-13-6-5-9-24(12-13)20-23-25-15(10-17(26)22-19(25)29-20)18(27)21-11-14-7-3-4-8-16(14)28-2/h3-4,7-8,10,13H,5-6,9,11-12H2,1-2H3,(H,21,27)/t13-/m1/s1. The van der Waals surface area contributed by atoms with Crippen LogP contribution in [0, 0.1) is 5.92 Å². The van der Waals surface area contributed by atoms with Crippen LogP contribution in [0.2, 0.25) is 0 Å². The first-order valence-electron chi connectivity index (χ1n) is 9.61. The second-order valence-electron chi connectivity index (χ2n) is 7.25. The molecule has 1 aromatic carbocycles. The van der Waals surface area contributed by atoms with Crippen molar-refractivity contribution in [1.82, 2.24) is 19.9 Å². The van der Waals surface area contributed by atoms with Crippen LogP contribution in [0.25, 0.3) is 4.96 Å². The molecule has 3 aromatic rings. The van der Waals surface area contributed by atoms with Gasteiger partial charge in [-0.1, -0.05) is 36.5 Å². The minimum absolute atomic E-state index is 0.183. The number of amides is 1. The van der Waals surface area contributed by atoms with E-state index in [2.05, 4.69) is 27.2 Å².